The van der Waals surface area contributed by atoms with E-state index in [0.29, 0.717) is 18.0 Å². The van der Waals surface area contributed by atoms with Crippen LogP contribution in [0.4, 0.5) is 0 Å². The van der Waals surface area contributed by atoms with E-state index in [1.54, 1.807) is 15.9 Å². The Morgan fingerprint density at radius 3 is 2.87 bits per heavy atom. The third-order valence-corrected chi connectivity index (χ3v) is 4.51. The van der Waals surface area contributed by atoms with E-state index in [-0.39, 0.29) is 0 Å². The first-order chi connectivity index (χ1) is 11.3. The molecule has 1 aromatic carbocycles. The van der Waals surface area contributed by atoms with Gasteiger partial charge in [0.25, 0.3) is 0 Å². The highest BCUT2D eigenvalue weighted by Crippen LogP contribution is 2.33. The van der Waals surface area contributed by atoms with Crippen LogP contribution in [-0.2, 0) is 6.42 Å². The molecule has 3 rings (SSSR count). The Morgan fingerprint density at radius 1 is 1.30 bits per heavy atom. The average molecular weight is 326 g/mol. The normalized spacial score (nSPS) is 10.8. The molecule has 0 aliphatic heterocycles. The highest BCUT2D eigenvalue weighted by atomic mass is 32.1. The molecule has 5 nitrogen and oxygen atoms in total. The van der Waals surface area contributed by atoms with Crippen molar-refractivity contribution in [2.24, 2.45) is 0 Å². The molecule has 0 radical (unpaired) electrons. The number of fused-ring (bicyclic) bond motifs is 1. The van der Waals surface area contributed by atoms with Crippen molar-refractivity contribution in [3.05, 3.63) is 35.0 Å². The summed E-state index contributed by atoms with van der Waals surface area (Å²) in [5.74, 6) is 0.739. The Balaban J connectivity index is 2.09. The maximum atomic E-state index is 9.59. The number of ether oxygens (including phenoxy) is 1. The van der Waals surface area contributed by atoms with Crippen molar-refractivity contribution < 1.29 is 4.74 Å². The van der Waals surface area contributed by atoms with Crippen LogP contribution in [0, 0.1) is 11.3 Å². The smallest absolute Gasteiger partial charge is 0.214 e. The van der Waals surface area contributed by atoms with E-state index in [1.165, 1.54) is 0 Å². The monoisotopic (exact) mass is 326 g/mol. The van der Waals surface area contributed by atoms with Gasteiger partial charge in [0.15, 0.2) is 5.69 Å². The van der Waals surface area contributed by atoms with Crippen LogP contribution in [0.5, 0.6) is 5.75 Å². The number of hydrogen-bond donors (Lipinski definition) is 0. The van der Waals surface area contributed by atoms with Gasteiger partial charge in [0.1, 0.15) is 22.5 Å². The van der Waals surface area contributed by atoms with E-state index in [0.717, 1.165) is 40.5 Å². The zero-order valence-corrected chi connectivity index (χ0v) is 14.1. The molecular weight excluding hydrogens is 308 g/mol. The topological polar surface area (TPSA) is 63.2 Å². The predicted octanol–water partition coefficient (Wildman–Crippen LogP) is 4.07. The molecule has 0 N–H and O–H groups in total. The molecule has 3 aromatic rings. The lowest BCUT2D eigenvalue weighted by Crippen LogP contribution is -1.96. The maximum Gasteiger partial charge on any atom is 0.214 e. The molecule has 0 atom stereocenters. The third-order valence-electron chi connectivity index (χ3n) is 3.54. The molecule has 0 unspecified atom stereocenters. The lowest BCUT2D eigenvalue weighted by atomic mass is 10.1. The number of rotatable bonds is 6. The van der Waals surface area contributed by atoms with Crippen molar-refractivity contribution in [1.29, 1.82) is 5.26 Å². The van der Waals surface area contributed by atoms with Gasteiger partial charge in [0.2, 0.25) is 4.96 Å². The second kappa shape index (κ2) is 6.80. The van der Waals surface area contributed by atoms with Gasteiger partial charge in [-0.2, -0.15) is 14.9 Å². The standard InChI is InChI=1S/C17H18N4OS/c1-3-5-10-15-20-21-13(11-18)16(19-17(21)23-15)12-8-6-7-9-14(12)22-4-2/h6-9H,3-5,10H2,1-2H3. The first-order valence-corrected chi connectivity index (χ1v) is 8.60. The second-order valence-electron chi connectivity index (χ2n) is 5.14. The van der Waals surface area contributed by atoms with Gasteiger partial charge in [-0.05, 0) is 25.5 Å². The minimum atomic E-state index is 0.464. The molecule has 0 aliphatic rings. The molecule has 0 saturated heterocycles. The molecule has 118 valence electrons. The number of benzene rings is 1. The Hall–Kier alpha value is -2.39. The van der Waals surface area contributed by atoms with Gasteiger partial charge in [0, 0.05) is 12.0 Å². The summed E-state index contributed by atoms with van der Waals surface area (Å²) in [4.78, 5) is 5.40. The van der Waals surface area contributed by atoms with Crippen molar-refractivity contribution in [3.8, 4) is 23.1 Å². The van der Waals surface area contributed by atoms with Gasteiger partial charge >= 0.3 is 0 Å². The summed E-state index contributed by atoms with van der Waals surface area (Å²) in [5.41, 5.74) is 1.93. The number of aryl methyl sites for hydroxylation is 1. The predicted molar refractivity (Wildman–Crippen MR) is 90.8 cm³/mol. The summed E-state index contributed by atoms with van der Waals surface area (Å²) in [6.07, 6.45) is 3.15. The molecule has 0 fully saturated rings. The van der Waals surface area contributed by atoms with Gasteiger partial charge < -0.3 is 4.74 Å². The molecular formula is C17H18N4OS. The molecule has 0 saturated carbocycles. The zero-order valence-electron chi connectivity index (χ0n) is 13.2. The maximum absolute atomic E-state index is 9.59. The number of para-hydroxylation sites is 1. The van der Waals surface area contributed by atoms with Gasteiger partial charge in [-0.3, -0.25) is 0 Å². The number of unbranched alkanes of at least 4 members (excludes halogenated alkanes) is 1. The number of imidazole rings is 1. The van der Waals surface area contributed by atoms with Crippen molar-refractivity contribution in [2.45, 2.75) is 33.1 Å². The molecule has 0 amide bonds. The van der Waals surface area contributed by atoms with Gasteiger partial charge in [0.05, 0.1) is 6.61 Å². The highest BCUT2D eigenvalue weighted by molar-refractivity contribution is 7.16. The van der Waals surface area contributed by atoms with Crippen LogP contribution in [0.25, 0.3) is 16.2 Å². The third kappa shape index (κ3) is 2.92. The quantitative estimate of drug-likeness (QED) is 0.685. The Labute approximate surface area is 139 Å². The molecule has 0 spiro atoms. The fourth-order valence-corrected chi connectivity index (χ4v) is 3.38. The van der Waals surface area contributed by atoms with E-state index in [9.17, 15) is 5.26 Å². The molecule has 0 bridgehead atoms. The molecule has 2 heterocycles. The summed E-state index contributed by atoms with van der Waals surface area (Å²) in [5, 5.41) is 15.2. The summed E-state index contributed by atoms with van der Waals surface area (Å²) < 4.78 is 7.33. The van der Waals surface area contributed by atoms with E-state index in [1.807, 2.05) is 31.2 Å². The summed E-state index contributed by atoms with van der Waals surface area (Å²) in [7, 11) is 0. The van der Waals surface area contributed by atoms with Crippen molar-refractivity contribution in [3.63, 3.8) is 0 Å². The summed E-state index contributed by atoms with van der Waals surface area (Å²) in [6.45, 7) is 4.66. The minimum Gasteiger partial charge on any atom is -0.493 e. The fourth-order valence-electron chi connectivity index (χ4n) is 2.45. The Kier molecular flexibility index (Phi) is 4.58. The van der Waals surface area contributed by atoms with Crippen LogP contribution in [0.2, 0.25) is 0 Å². The fraction of sp³-hybridized carbons (Fsp3) is 0.353. The number of nitrogens with zero attached hydrogens (tertiary/aromatic N) is 4. The highest BCUT2D eigenvalue weighted by Gasteiger charge is 2.20. The van der Waals surface area contributed by atoms with Crippen molar-refractivity contribution in [1.82, 2.24) is 14.6 Å². The van der Waals surface area contributed by atoms with E-state index >= 15 is 0 Å². The Morgan fingerprint density at radius 2 is 2.13 bits per heavy atom. The number of nitriles is 1. The average Bonchev–Trinajstić information content (AvgIpc) is 3.10. The van der Waals surface area contributed by atoms with Crippen LogP contribution in [0.1, 0.15) is 37.4 Å². The van der Waals surface area contributed by atoms with Gasteiger partial charge in [-0.1, -0.05) is 36.8 Å². The number of hydrogen-bond acceptors (Lipinski definition) is 5. The largest absolute Gasteiger partial charge is 0.493 e. The van der Waals surface area contributed by atoms with Crippen molar-refractivity contribution >= 4 is 16.3 Å². The summed E-state index contributed by atoms with van der Waals surface area (Å²) in [6, 6.07) is 9.91. The van der Waals surface area contributed by atoms with E-state index < -0.39 is 0 Å². The van der Waals surface area contributed by atoms with Crippen LogP contribution in [-0.4, -0.2) is 21.2 Å². The zero-order chi connectivity index (χ0) is 16.2. The number of aromatic nitrogens is 3. The SMILES string of the molecule is CCCCc1nn2c(C#N)c(-c3ccccc3OCC)nc2s1. The van der Waals surface area contributed by atoms with Gasteiger partial charge in [-0.25, -0.2) is 4.98 Å². The first-order valence-electron chi connectivity index (χ1n) is 7.79. The first kappa shape index (κ1) is 15.5. The van der Waals surface area contributed by atoms with Crippen molar-refractivity contribution in [2.75, 3.05) is 6.61 Å². The van der Waals surface area contributed by atoms with E-state index in [4.69, 9.17) is 4.74 Å². The Bertz CT molecular complexity index is 859. The summed E-state index contributed by atoms with van der Waals surface area (Å²) >= 11 is 1.55. The molecule has 0 aliphatic carbocycles. The minimum absolute atomic E-state index is 0.464. The lowest BCUT2D eigenvalue weighted by molar-refractivity contribution is 0.341. The molecule has 23 heavy (non-hydrogen) atoms. The molecule has 6 heteroatoms. The van der Waals surface area contributed by atoms with Crippen LogP contribution >= 0.6 is 11.3 Å². The lowest BCUT2D eigenvalue weighted by Gasteiger charge is -2.07. The van der Waals surface area contributed by atoms with Gasteiger partial charge in [-0.15, -0.1) is 0 Å². The second-order valence-corrected chi connectivity index (χ2v) is 6.18. The van der Waals surface area contributed by atoms with Crippen LogP contribution < -0.4 is 4.74 Å². The van der Waals surface area contributed by atoms with Crippen LogP contribution in [0.3, 0.4) is 0 Å². The van der Waals surface area contributed by atoms with E-state index in [2.05, 4.69) is 23.1 Å². The molecule has 2 aromatic heterocycles. The van der Waals surface area contributed by atoms with Crippen LogP contribution in [0.15, 0.2) is 24.3 Å².